The number of carbonyl (C=O) groups is 1. The summed E-state index contributed by atoms with van der Waals surface area (Å²) >= 11 is 3.27. The molecule has 160 valence electrons. The molecule has 30 heavy (non-hydrogen) atoms. The number of ether oxygens (including phenoxy) is 2. The first-order chi connectivity index (χ1) is 14.6. The molecule has 1 aliphatic carbocycles. The minimum atomic E-state index is -0.233. The summed E-state index contributed by atoms with van der Waals surface area (Å²) in [6, 6.07) is 14.8. The predicted octanol–water partition coefficient (Wildman–Crippen LogP) is 5.79. The van der Waals surface area contributed by atoms with Crippen LogP contribution in [0.15, 0.2) is 53.0 Å². The van der Waals surface area contributed by atoms with E-state index >= 15 is 0 Å². The second-order valence-electron chi connectivity index (χ2n) is 8.28. The van der Waals surface area contributed by atoms with Gasteiger partial charge in [-0.1, -0.05) is 52.3 Å². The monoisotopic (exact) mass is 475 g/mol. The first kappa shape index (κ1) is 21.3. The number of piperidine rings is 1. The van der Waals surface area contributed by atoms with E-state index in [2.05, 4.69) is 15.9 Å². The van der Waals surface area contributed by atoms with E-state index < -0.39 is 0 Å². The van der Waals surface area contributed by atoms with Crippen molar-refractivity contribution in [3.63, 3.8) is 0 Å². The average molecular weight is 476 g/mol. The molecule has 1 saturated heterocycles. The largest absolute Gasteiger partial charge is 0.445 e. The lowest BCUT2D eigenvalue weighted by molar-refractivity contribution is 0.0757. The summed E-state index contributed by atoms with van der Waals surface area (Å²) < 4.78 is 25.8. The van der Waals surface area contributed by atoms with E-state index in [-0.39, 0.29) is 11.9 Å². The van der Waals surface area contributed by atoms with Gasteiger partial charge < -0.3 is 14.4 Å². The molecule has 1 aliphatic heterocycles. The number of rotatable bonds is 7. The third-order valence-corrected chi connectivity index (χ3v) is 6.68. The van der Waals surface area contributed by atoms with E-state index in [1.54, 1.807) is 6.07 Å². The highest BCUT2D eigenvalue weighted by molar-refractivity contribution is 9.10. The maximum Gasteiger partial charge on any atom is 0.410 e. The zero-order chi connectivity index (χ0) is 20.9. The summed E-state index contributed by atoms with van der Waals surface area (Å²) in [6.45, 7) is 2.83. The van der Waals surface area contributed by atoms with Crippen LogP contribution in [0.4, 0.5) is 9.18 Å². The lowest BCUT2D eigenvalue weighted by Gasteiger charge is -2.31. The molecule has 2 aromatic rings. The fourth-order valence-corrected chi connectivity index (χ4v) is 4.65. The van der Waals surface area contributed by atoms with Gasteiger partial charge in [-0.3, -0.25) is 0 Å². The van der Waals surface area contributed by atoms with Crippen LogP contribution in [0.5, 0.6) is 0 Å². The molecule has 0 spiro atoms. The summed E-state index contributed by atoms with van der Waals surface area (Å²) in [4.78, 5) is 14.1. The van der Waals surface area contributed by atoms with Crippen LogP contribution in [0, 0.1) is 23.6 Å². The summed E-state index contributed by atoms with van der Waals surface area (Å²) in [6.07, 6.45) is 2.99. The molecule has 6 heteroatoms. The number of hydrogen-bond acceptors (Lipinski definition) is 3. The maximum atomic E-state index is 13.9. The van der Waals surface area contributed by atoms with Gasteiger partial charge in [0.25, 0.3) is 0 Å². The van der Waals surface area contributed by atoms with Crippen molar-refractivity contribution in [3.8, 4) is 0 Å². The van der Waals surface area contributed by atoms with Gasteiger partial charge in [0.15, 0.2) is 0 Å². The van der Waals surface area contributed by atoms with Gasteiger partial charge in [0, 0.05) is 23.1 Å². The molecule has 0 N–H and O–H groups in total. The lowest BCUT2D eigenvalue weighted by Crippen LogP contribution is -2.39. The third kappa shape index (κ3) is 5.61. The lowest BCUT2D eigenvalue weighted by atomic mass is 9.91. The van der Waals surface area contributed by atoms with Gasteiger partial charge in [-0.2, -0.15) is 0 Å². The Hall–Kier alpha value is -1.92. The number of halogens is 2. The Bertz CT molecular complexity index is 855. The average Bonchev–Trinajstić information content (AvgIpc) is 3.54. The van der Waals surface area contributed by atoms with E-state index in [4.69, 9.17) is 9.47 Å². The molecule has 1 saturated carbocycles. The fourth-order valence-electron chi connectivity index (χ4n) is 4.32. The number of benzene rings is 2. The highest BCUT2D eigenvalue weighted by Gasteiger charge is 2.44. The third-order valence-electron chi connectivity index (χ3n) is 6.19. The minimum absolute atomic E-state index is 0.218. The first-order valence-electron chi connectivity index (χ1n) is 10.6. The van der Waals surface area contributed by atoms with Crippen LogP contribution in [0.25, 0.3) is 0 Å². The summed E-state index contributed by atoms with van der Waals surface area (Å²) in [5.41, 5.74) is 1.60. The quantitative estimate of drug-likeness (QED) is 0.508. The number of hydrogen-bond donors (Lipinski definition) is 0. The molecule has 0 radical (unpaired) electrons. The molecule has 4 nitrogen and oxygen atoms in total. The van der Waals surface area contributed by atoms with Gasteiger partial charge >= 0.3 is 6.09 Å². The Balaban J connectivity index is 1.13. The van der Waals surface area contributed by atoms with E-state index in [1.807, 2.05) is 41.3 Å². The van der Waals surface area contributed by atoms with Crippen molar-refractivity contribution < 1.29 is 18.7 Å². The smallest absolute Gasteiger partial charge is 0.410 e. The van der Waals surface area contributed by atoms with Crippen LogP contribution in [-0.2, 0) is 22.7 Å². The van der Waals surface area contributed by atoms with Gasteiger partial charge in [-0.25, -0.2) is 9.18 Å². The van der Waals surface area contributed by atoms with Gasteiger partial charge in [0.1, 0.15) is 12.4 Å². The van der Waals surface area contributed by atoms with Crippen LogP contribution < -0.4 is 0 Å². The van der Waals surface area contributed by atoms with E-state index in [1.165, 1.54) is 12.5 Å². The molecule has 0 aromatic heterocycles. The molecule has 0 unspecified atom stereocenters. The molecule has 2 fully saturated rings. The van der Waals surface area contributed by atoms with E-state index in [0.717, 1.165) is 36.0 Å². The van der Waals surface area contributed by atoms with Crippen LogP contribution in [0.3, 0.4) is 0 Å². The molecule has 2 atom stereocenters. The molecular weight excluding hydrogens is 449 g/mol. The molecule has 2 aromatic carbocycles. The van der Waals surface area contributed by atoms with Crippen molar-refractivity contribution >= 4 is 22.0 Å². The van der Waals surface area contributed by atoms with Crippen molar-refractivity contribution in [1.29, 1.82) is 0 Å². The second-order valence-corrected chi connectivity index (χ2v) is 9.19. The number of carbonyl (C=O) groups excluding carboxylic acids is 1. The molecule has 1 amide bonds. The normalized spacial score (nSPS) is 21.5. The highest BCUT2D eigenvalue weighted by Crippen LogP contribution is 2.48. The molecular formula is C24H27BrFNO3. The minimum Gasteiger partial charge on any atom is -0.445 e. The Labute approximate surface area is 185 Å². The highest BCUT2D eigenvalue weighted by atomic mass is 79.9. The summed E-state index contributed by atoms with van der Waals surface area (Å²) in [7, 11) is 0. The number of amides is 1. The number of nitrogens with zero attached hydrogens (tertiary/aromatic N) is 1. The molecule has 1 heterocycles. The standard InChI is InChI=1S/C24H27BrFNO3/c25-21-7-6-19(23(26)13-21)15-29-16-20-12-22(20)18-8-10-27(11-9-18)24(28)30-14-17-4-2-1-3-5-17/h1-7,13,18,20,22H,8-12,14-16H2/t20-,22-/m1/s1. The maximum absolute atomic E-state index is 13.9. The Morgan fingerprint density at radius 2 is 1.87 bits per heavy atom. The summed E-state index contributed by atoms with van der Waals surface area (Å²) in [5, 5.41) is 0. The molecule has 2 aliphatic rings. The van der Waals surface area contributed by atoms with E-state index in [9.17, 15) is 9.18 Å². The second kappa shape index (κ2) is 9.92. The zero-order valence-corrected chi connectivity index (χ0v) is 18.5. The van der Waals surface area contributed by atoms with Crippen LogP contribution in [-0.4, -0.2) is 30.7 Å². The van der Waals surface area contributed by atoms with Crippen molar-refractivity contribution in [3.05, 3.63) is 69.9 Å². The molecule has 0 bridgehead atoms. The Morgan fingerprint density at radius 1 is 1.10 bits per heavy atom. The van der Waals surface area contributed by atoms with Gasteiger partial charge in [-0.15, -0.1) is 0 Å². The van der Waals surface area contributed by atoms with Gasteiger partial charge in [0.2, 0.25) is 0 Å². The first-order valence-corrected chi connectivity index (χ1v) is 11.4. The number of likely N-dealkylation sites (tertiary alicyclic amines) is 1. The predicted molar refractivity (Wildman–Crippen MR) is 116 cm³/mol. The topological polar surface area (TPSA) is 38.8 Å². The fraction of sp³-hybridized carbons (Fsp3) is 0.458. The van der Waals surface area contributed by atoms with Gasteiger partial charge in [-0.05, 0) is 54.7 Å². The Morgan fingerprint density at radius 3 is 2.60 bits per heavy atom. The molecule has 4 rings (SSSR count). The van der Waals surface area contributed by atoms with Crippen LogP contribution >= 0.6 is 15.9 Å². The van der Waals surface area contributed by atoms with Crippen molar-refractivity contribution in [2.75, 3.05) is 19.7 Å². The summed E-state index contributed by atoms with van der Waals surface area (Å²) in [5.74, 6) is 1.64. The van der Waals surface area contributed by atoms with Crippen LogP contribution in [0.2, 0.25) is 0 Å². The van der Waals surface area contributed by atoms with Crippen molar-refractivity contribution in [2.24, 2.45) is 17.8 Å². The van der Waals surface area contributed by atoms with Crippen LogP contribution in [0.1, 0.15) is 30.4 Å². The Kier molecular flexibility index (Phi) is 7.05. The van der Waals surface area contributed by atoms with E-state index in [0.29, 0.717) is 43.1 Å². The van der Waals surface area contributed by atoms with Crippen molar-refractivity contribution in [1.82, 2.24) is 4.90 Å². The van der Waals surface area contributed by atoms with Gasteiger partial charge in [0.05, 0.1) is 13.2 Å². The zero-order valence-electron chi connectivity index (χ0n) is 16.9. The SMILES string of the molecule is O=C(OCc1ccccc1)N1CCC([C@H]2C[C@@H]2COCc2ccc(Br)cc2F)CC1. The van der Waals surface area contributed by atoms with Crippen molar-refractivity contribution in [2.45, 2.75) is 32.5 Å².